The molecule has 0 aromatic rings. The molecule has 0 aliphatic heterocycles. The summed E-state index contributed by atoms with van der Waals surface area (Å²) in [5.41, 5.74) is 2.61. The molecule has 0 amide bonds. The third-order valence-electron chi connectivity index (χ3n) is 7.08. The number of rotatable bonds is 4. The van der Waals surface area contributed by atoms with E-state index in [1.165, 1.54) is 38.5 Å². The van der Waals surface area contributed by atoms with E-state index in [9.17, 15) is 0 Å². The summed E-state index contributed by atoms with van der Waals surface area (Å²) in [6.45, 7) is 52.1. The highest BCUT2D eigenvalue weighted by Crippen LogP contribution is 2.25. The van der Waals surface area contributed by atoms with Gasteiger partial charge >= 0.3 is 0 Å². The lowest BCUT2D eigenvalue weighted by molar-refractivity contribution is 0.283. The van der Waals surface area contributed by atoms with E-state index < -0.39 is 0 Å². The maximum Gasteiger partial charge on any atom is -0.0360 e. The van der Waals surface area contributed by atoms with Crippen molar-refractivity contribution in [1.29, 1.82) is 0 Å². The summed E-state index contributed by atoms with van der Waals surface area (Å²) in [6, 6.07) is 0. The van der Waals surface area contributed by atoms with Gasteiger partial charge in [-0.15, -0.1) is 0 Å². The molecule has 0 spiro atoms. The molecule has 0 unspecified atom stereocenters. The molecule has 0 heterocycles. The fraction of sp³-hybridized carbons (Fsp3) is 1.00. The zero-order chi connectivity index (χ0) is 31.5. The van der Waals surface area contributed by atoms with Crippen LogP contribution < -0.4 is 0 Å². The van der Waals surface area contributed by atoms with Crippen molar-refractivity contribution in [2.45, 2.75) is 205 Å². The van der Waals surface area contributed by atoms with Crippen molar-refractivity contribution < 1.29 is 0 Å². The minimum atomic E-state index is 0. The van der Waals surface area contributed by atoms with E-state index in [4.69, 9.17) is 0 Å². The lowest BCUT2D eigenvalue weighted by Gasteiger charge is -2.22. The summed E-state index contributed by atoms with van der Waals surface area (Å²) in [5, 5.41) is 0. The third-order valence-corrected chi connectivity index (χ3v) is 7.08. The van der Waals surface area contributed by atoms with Crippen LogP contribution in [0.5, 0.6) is 0 Å². The van der Waals surface area contributed by atoms with E-state index in [1.54, 1.807) is 0 Å². The Morgan fingerprint density at radius 2 is 0.711 bits per heavy atom. The van der Waals surface area contributed by atoms with Crippen molar-refractivity contribution >= 4 is 0 Å². The molecule has 0 aliphatic rings. The van der Waals surface area contributed by atoms with Gasteiger partial charge in [-0.3, -0.25) is 0 Å². The van der Waals surface area contributed by atoms with Crippen LogP contribution in [0.2, 0.25) is 0 Å². The first-order valence-corrected chi connectivity index (χ1v) is 15.9. The average Bonchev–Trinajstić information content (AvgIpc) is 2.58. The largest absolute Gasteiger partial charge is 0.0776 e. The molecule has 0 atom stereocenters. The minimum Gasteiger partial charge on any atom is -0.0776 e. The van der Waals surface area contributed by atoms with Crippen LogP contribution in [-0.4, -0.2) is 0 Å². The van der Waals surface area contributed by atoms with E-state index in [2.05, 4.69) is 159 Å². The Bertz CT molecular complexity index is 423. The van der Waals surface area contributed by atoms with Gasteiger partial charge in [-0.1, -0.05) is 192 Å². The van der Waals surface area contributed by atoms with Gasteiger partial charge in [-0.05, 0) is 57.7 Å². The SMILES string of the molecule is C.CC(C)C(C)(C)C.CC(C)C(C)(C)C.CC(C)CC(C)(C)C.CCC(C)(C)C.CCCCCC(C)(C)C. The topological polar surface area (TPSA) is 0 Å². The molecular weight excluding hydrogens is 456 g/mol. The van der Waals surface area contributed by atoms with E-state index in [-0.39, 0.29) is 7.43 Å². The molecular formula is C38H88. The Balaban J connectivity index is -0.0000000842. The first-order valence-electron chi connectivity index (χ1n) is 15.9. The van der Waals surface area contributed by atoms with Gasteiger partial charge in [0, 0.05) is 0 Å². The van der Waals surface area contributed by atoms with Crippen LogP contribution in [0.3, 0.4) is 0 Å². The van der Waals surface area contributed by atoms with E-state index in [0.29, 0.717) is 27.1 Å². The molecule has 0 saturated carbocycles. The molecule has 0 fully saturated rings. The normalized spacial score (nSPS) is 12.2. The highest BCUT2D eigenvalue weighted by Gasteiger charge is 2.14. The molecule has 0 heteroatoms. The van der Waals surface area contributed by atoms with Crippen molar-refractivity contribution in [3.05, 3.63) is 0 Å². The molecule has 0 nitrogen and oxygen atoms in total. The van der Waals surface area contributed by atoms with Gasteiger partial charge in [0.1, 0.15) is 0 Å². The zero-order valence-electron chi connectivity index (χ0n) is 31.5. The quantitative estimate of drug-likeness (QED) is 0.309. The fourth-order valence-electron chi connectivity index (χ4n) is 2.13. The predicted molar refractivity (Wildman–Crippen MR) is 188 cm³/mol. The molecule has 0 bridgehead atoms. The van der Waals surface area contributed by atoms with E-state index in [0.717, 1.165) is 17.8 Å². The van der Waals surface area contributed by atoms with Gasteiger partial charge in [0.15, 0.2) is 0 Å². The van der Waals surface area contributed by atoms with Crippen molar-refractivity contribution in [3.63, 3.8) is 0 Å². The summed E-state index contributed by atoms with van der Waals surface area (Å²) in [7, 11) is 0. The van der Waals surface area contributed by atoms with Crippen molar-refractivity contribution in [2.75, 3.05) is 0 Å². The summed E-state index contributed by atoms with van der Waals surface area (Å²) in [4.78, 5) is 0. The first-order chi connectivity index (χ1) is 15.9. The molecule has 0 N–H and O–H groups in total. The van der Waals surface area contributed by atoms with Gasteiger partial charge < -0.3 is 0 Å². The Morgan fingerprint density at radius 1 is 0.447 bits per heavy atom. The lowest BCUT2D eigenvalue weighted by Crippen LogP contribution is -2.12. The number of hydrogen-bond acceptors (Lipinski definition) is 0. The maximum absolute atomic E-state index is 2.31. The molecule has 38 heavy (non-hydrogen) atoms. The second kappa shape index (κ2) is 23.7. The van der Waals surface area contributed by atoms with Crippen LogP contribution in [0.15, 0.2) is 0 Å². The average molecular weight is 545 g/mol. The van der Waals surface area contributed by atoms with Gasteiger partial charge in [0.05, 0.1) is 0 Å². The molecule has 0 aliphatic carbocycles. The Morgan fingerprint density at radius 3 is 0.789 bits per heavy atom. The molecule has 0 aromatic heterocycles. The van der Waals surface area contributed by atoms with Gasteiger partial charge in [0.2, 0.25) is 0 Å². The fourth-order valence-corrected chi connectivity index (χ4v) is 2.13. The molecule has 0 aromatic carbocycles. The maximum atomic E-state index is 2.31. The first kappa shape index (κ1) is 50.8. The molecule has 0 rings (SSSR count). The van der Waals surface area contributed by atoms with E-state index >= 15 is 0 Å². The second-order valence-corrected chi connectivity index (χ2v) is 18.1. The zero-order valence-corrected chi connectivity index (χ0v) is 31.5. The predicted octanol–water partition coefficient (Wildman–Crippen LogP) is 15.1. The van der Waals surface area contributed by atoms with Crippen LogP contribution in [0.25, 0.3) is 0 Å². The van der Waals surface area contributed by atoms with Crippen molar-refractivity contribution in [3.8, 4) is 0 Å². The highest BCUT2D eigenvalue weighted by molar-refractivity contribution is 4.65. The van der Waals surface area contributed by atoms with Gasteiger partial charge in [-0.25, -0.2) is 0 Å². The summed E-state index contributed by atoms with van der Waals surface area (Å²) in [6.07, 6.45) is 8.12. The standard InChI is InChI=1S/C9H20.C8H18.2C7H16.C6H14.CH4/c1-5-6-7-8-9(2,3)4;1-7(2)6-8(3,4)5;2*1-6(2)7(3,4)5;1-5-6(2,3)4;/h5-8H2,1-4H3;7H,6H2,1-5H3;2*6H,1-5H3;5H2,1-4H3;1H4. The molecule has 0 saturated heterocycles. The smallest absolute Gasteiger partial charge is 0.0360 e. The monoisotopic (exact) mass is 545 g/mol. The van der Waals surface area contributed by atoms with Crippen LogP contribution in [0, 0.1) is 44.8 Å². The summed E-state index contributed by atoms with van der Waals surface area (Å²) < 4.78 is 0. The minimum absolute atomic E-state index is 0. The number of hydrogen-bond donors (Lipinski definition) is 0. The van der Waals surface area contributed by atoms with E-state index in [1.807, 2.05) is 0 Å². The third kappa shape index (κ3) is 65.2. The Hall–Kier alpha value is 0. The Labute approximate surface area is 249 Å². The highest BCUT2D eigenvalue weighted by atomic mass is 14.2. The van der Waals surface area contributed by atoms with Gasteiger partial charge in [0.25, 0.3) is 0 Å². The van der Waals surface area contributed by atoms with Crippen LogP contribution in [-0.2, 0) is 0 Å². The lowest BCUT2D eigenvalue weighted by atomic mass is 9.84. The van der Waals surface area contributed by atoms with Crippen LogP contribution in [0.4, 0.5) is 0 Å². The van der Waals surface area contributed by atoms with Crippen LogP contribution >= 0.6 is 0 Å². The summed E-state index contributed by atoms with van der Waals surface area (Å²) >= 11 is 0. The summed E-state index contributed by atoms with van der Waals surface area (Å²) in [5.74, 6) is 2.44. The molecule has 240 valence electrons. The van der Waals surface area contributed by atoms with Crippen LogP contribution in [0.1, 0.15) is 205 Å². The Kier molecular flexibility index (Phi) is 31.7. The van der Waals surface area contributed by atoms with Crippen molar-refractivity contribution in [1.82, 2.24) is 0 Å². The molecule has 0 radical (unpaired) electrons. The number of unbranched alkanes of at least 4 members (excludes halogenated alkanes) is 2. The second-order valence-electron chi connectivity index (χ2n) is 18.1. The van der Waals surface area contributed by atoms with Crippen molar-refractivity contribution in [2.24, 2.45) is 44.8 Å². The van der Waals surface area contributed by atoms with Gasteiger partial charge in [-0.2, -0.15) is 0 Å².